The van der Waals surface area contributed by atoms with Crippen molar-refractivity contribution in [2.75, 3.05) is 20.3 Å². The number of ether oxygens (including phenoxy) is 2. The Morgan fingerprint density at radius 3 is 2.75 bits per heavy atom. The largest absolute Gasteiger partial charge is 0.382 e. The van der Waals surface area contributed by atoms with Gasteiger partial charge in [-0.05, 0) is 44.7 Å². The Hall–Kier alpha value is -3.04. The summed E-state index contributed by atoms with van der Waals surface area (Å²) in [6.07, 6.45) is 12.8. The van der Waals surface area contributed by atoms with E-state index in [1.807, 2.05) is 30.1 Å². The highest BCUT2D eigenvalue weighted by molar-refractivity contribution is 5.95. The Kier molecular flexibility index (Phi) is 7.28. The molecule has 0 atom stereocenters. The summed E-state index contributed by atoms with van der Waals surface area (Å²) >= 11 is 0. The SMILES string of the molecule is CCn1cc(-c2cc(C(=O)NC3CCC(OCCOC)CC3)cc(-n3ccnc3)n2)cn1. The third kappa shape index (κ3) is 5.41. The zero-order chi connectivity index (χ0) is 22.3. The van der Waals surface area contributed by atoms with Crippen LogP contribution in [0.2, 0.25) is 0 Å². The van der Waals surface area contributed by atoms with Crippen LogP contribution >= 0.6 is 0 Å². The molecule has 0 unspecified atom stereocenters. The van der Waals surface area contributed by atoms with E-state index in [-0.39, 0.29) is 18.1 Å². The molecule has 9 heteroatoms. The number of pyridine rings is 1. The number of nitrogens with zero attached hydrogens (tertiary/aromatic N) is 5. The lowest BCUT2D eigenvalue weighted by molar-refractivity contribution is -0.00408. The van der Waals surface area contributed by atoms with Crippen LogP contribution in [0.15, 0.2) is 43.2 Å². The van der Waals surface area contributed by atoms with Crippen molar-refractivity contribution in [2.45, 2.75) is 51.3 Å². The highest BCUT2D eigenvalue weighted by Gasteiger charge is 2.24. The molecule has 0 saturated heterocycles. The zero-order valence-corrected chi connectivity index (χ0v) is 18.6. The fourth-order valence-electron chi connectivity index (χ4n) is 3.93. The zero-order valence-electron chi connectivity index (χ0n) is 18.6. The third-order valence-electron chi connectivity index (χ3n) is 5.75. The highest BCUT2D eigenvalue weighted by Crippen LogP contribution is 2.23. The summed E-state index contributed by atoms with van der Waals surface area (Å²) in [4.78, 5) is 22.0. The van der Waals surface area contributed by atoms with Crippen molar-refractivity contribution >= 4 is 5.91 Å². The van der Waals surface area contributed by atoms with Crippen LogP contribution < -0.4 is 5.32 Å². The average Bonchev–Trinajstić information content (AvgIpc) is 3.52. The Morgan fingerprint density at radius 2 is 2.06 bits per heavy atom. The van der Waals surface area contributed by atoms with E-state index in [0.717, 1.165) is 37.8 Å². The van der Waals surface area contributed by atoms with Gasteiger partial charge in [0, 0.05) is 49.4 Å². The standard InChI is InChI=1S/C23H30N6O3/c1-3-29-15-18(14-25-29)21-12-17(13-22(27-21)28-9-8-24-16-28)23(30)26-19-4-6-20(7-5-19)32-11-10-31-2/h8-9,12-16,19-20H,3-7,10-11H2,1-2H3,(H,26,30). The first-order valence-corrected chi connectivity index (χ1v) is 11.1. The molecule has 3 heterocycles. The van der Waals surface area contributed by atoms with Crippen LogP contribution in [-0.2, 0) is 16.0 Å². The maximum atomic E-state index is 13.1. The topological polar surface area (TPSA) is 96.1 Å². The summed E-state index contributed by atoms with van der Waals surface area (Å²) in [5.74, 6) is 0.547. The van der Waals surface area contributed by atoms with Gasteiger partial charge in [-0.3, -0.25) is 14.0 Å². The van der Waals surface area contributed by atoms with Crippen LogP contribution in [0.5, 0.6) is 0 Å². The molecule has 32 heavy (non-hydrogen) atoms. The van der Waals surface area contributed by atoms with Crippen molar-refractivity contribution in [1.82, 2.24) is 29.6 Å². The molecule has 0 aliphatic heterocycles. The minimum Gasteiger partial charge on any atom is -0.382 e. The second-order valence-electron chi connectivity index (χ2n) is 7.96. The number of nitrogens with one attached hydrogen (secondary N) is 1. The average molecular weight is 439 g/mol. The molecule has 170 valence electrons. The Bertz CT molecular complexity index is 1010. The molecule has 0 bridgehead atoms. The smallest absolute Gasteiger partial charge is 0.251 e. The van der Waals surface area contributed by atoms with Crippen LogP contribution in [-0.4, -0.2) is 62.7 Å². The molecule has 3 aromatic rings. The first-order valence-electron chi connectivity index (χ1n) is 11.1. The molecule has 0 radical (unpaired) electrons. The second-order valence-corrected chi connectivity index (χ2v) is 7.96. The van der Waals surface area contributed by atoms with Crippen LogP contribution in [0.25, 0.3) is 17.1 Å². The Balaban J connectivity index is 1.48. The molecule has 1 saturated carbocycles. The lowest BCUT2D eigenvalue weighted by Crippen LogP contribution is -2.39. The van der Waals surface area contributed by atoms with Crippen LogP contribution in [0.4, 0.5) is 0 Å². The van der Waals surface area contributed by atoms with Gasteiger partial charge in [0.1, 0.15) is 12.1 Å². The molecule has 4 rings (SSSR count). The second kappa shape index (κ2) is 10.5. The number of imidazole rings is 1. The van der Waals surface area contributed by atoms with E-state index in [1.54, 1.807) is 36.5 Å². The minimum atomic E-state index is -0.0957. The van der Waals surface area contributed by atoms with Crippen molar-refractivity contribution < 1.29 is 14.3 Å². The van der Waals surface area contributed by atoms with Gasteiger partial charge < -0.3 is 14.8 Å². The highest BCUT2D eigenvalue weighted by atomic mass is 16.5. The molecule has 3 aromatic heterocycles. The van der Waals surface area contributed by atoms with E-state index < -0.39 is 0 Å². The molecule has 1 aliphatic carbocycles. The quantitative estimate of drug-likeness (QED) is 0.516. The fraction of sp³-hybridized carbons (Fsp3) is 0.478. The van der Waals surface area contributed by atoms with Gasteiger partial charge >= 0.3 is 0 Å². The predicted octanol–water partition coefficient (Wildman–Crippen LogP) is 2.85. The number of amides is 1. The minimum absolute atomic E-state index is 0.0957. The number of rotatable bonds is 9. The van der Waals surface area contributed by atoms with E-state index in [4.69, 9.17) is 14.5 Å². The number of aromatic nitrogens is 5. The van der Waals surface area contributed by atoms with E-state index in [9.17, 15) is 4.79 Å². The van der Waals surface area contributed by atoms with Gasteiger partial charge in [-0.15, -0.1) is 0 Å². The number of carbonyl (C=O) groups is 1. The van der Waals surface area contributed by atoms with Crippen molar-refractivity contribution in [3.05, 3.63) is 48.8 Å². The normalized spacial score (nSPS) is 18.6. The van der Waals surface area contributed by atoms with Gasteiger partial charge in [-0.1, -0.05) is 0 Å². The predicted molar refractivity (Wildman–Crippen MR) is 120 cm³/mol. The van der Waals surface area contributed by atoms with E-state index in [1.165, 1.54) is 0 Å². The van der Waals surface area contributed by atoms with E-state index >= 15 is 0 Å². The van der Waals surface area contributed by atoms with Crippen LogP contribution in [0.1, 0.15) is 43.0 Å². The van der Waals surface area contributed by atoms with Crippen LogP contribution in [0, 0.1) is 0 Å². The molecule has 1 amide bonds. The summed E-state index contributed by atoms with van der Waals surface area (Å²) in [5.41, 5.74) is 2.15. The summed E-state index contributed by atoms with van der Waals surface area (Å²) in [5, 5.41) is 7.54. The summed E-state index contributed by atoms with van der Waals surface area (Å²) < 4.78 is 14.5. The Labute approximate surface area is 187 Å². The molecule has 9 nitrogen and oxygen atoms in total. The van der Waals surface area contributed by atoms with Gasteiger partial charge in [0.2, 0.25) is 0 Å². The van der Waals surface area contributed by atoms with E-state index in [2.05, 4.69) is 15.4 Å². The molecular weight excluding hydrogens is 408 g/mol. The number of methoxy groups -OCH3 is 1. The summed E-state index contributed by atoms with van der Waals surface area (Å²) in [7, 11) is 1.67. The van der Waals surface area contributed by atoms with Gasteiger partial charge in [0.25, 0.3) is 5.91 Å². The third-order valence-corrected chi connectivity index (χ3v) is 5.75. The van der Waals surface area contributed by atoms with Gasteiger partial charge in [-0.25, -0.2) is 9.97 Å². The number of hydrogen-bond acceptors (Lipinski definition) is 6. The first kappa shape index (κ1) is 22.2. The summed E-state index contributed by atoms with van der Waals surface area (Å²) in [6.45, 7) is 4.02. The fourth-order valence-corrected chi connectivity index (χ4v) is 3.93. The van der Waals surface area contributed by atoms with E-state index in [0.29, 0.717) is 30.3 Å². The molecule has 1 N–H and O–H groups in total. The molecule has 0 spiro atoms. The van der Waals surface area contributed by atoms with Gasteiger partial charge in [0.15, 0.2) is 0 Å². The molecule has 0 aromatic carbocycles. The monoisotopic (exact) mass is 438 g/mol. The maximum absolute atomic E-state index is 13.1. The van der Waals surface area contributed by atoms with Gasteiger partial charge in [0.05, 0.1) is 31.2 Å². The van der Waals surface area contributed by atoms with Crippen molar-refractivity contribution in [3.8, 4) is 17.1 Å². The maximum Gasteiger partial charge on any atom is 0.251 e. The molecular formula is C23H30N6O3. The molecule has 1 fully saturated rings. The number of aryl methyl sites for hydroxylation is 1. The van der Waals surface area contributed by atoms with Crippen molar-refractivity contribution in [2.24, 2.45) is 0 Å². The van der Waals surface area contributed by atoms with Crippen LogP contribution in [0.3, 0.4) is 0 Å². The number of hydrogen-bond donors (Lipinski definition) is 1. The number of carbonyl (C=O) groups excluding carboxylic acids is 1. The molecule has 1 aliphatic rings. The lowest BCUT2D eigenvalue weighted by Gasteiger charge is -2.29. The summed E-state index contributed by atoms with van der Waals surface area (Å²) in [6, 6.07) is 3.76. The van der Waals surface area contributed by atoms with Crippen molar-refractivity contribution in [1.29, 1.82) is 0 Å². The van der Waals surface area contributed by atoms with Gasteiger partial charge in [-0.2, -0.15) is 5.10 Å². The lowest BCUT2D eigenvalue weighted by atomic mass is 9.92. The first-order chi connectivity index (χ1) is 15.7. The Morgan fingerprint density at radius 1 is 1.22 bits per heavy atom. The van der Waals surface area contributed by atoms with Crippen molar-refractivity contribution in [3.63, 3.8) is 0 Å².